The van der Waals surface area contributed by atoms with Crippen LogP contribution in [-0.2, 0) is 5.41 Å². The largest absolute Gasteiger partial charge is 0.456 e. The van der Waals surface area contributed by atoms with E-state index < -0.39 is 0 Å². The number of furan rings is 1. The van der Waals surface area contributed by atoms with Gasteiger partial charge in [-0.3, -0.25) is 0 Å². The average molecular weight is 660 g/mol. The standard InChI is InChI=1S/C49H41NO/c1-49(2)45-16-7-5-14-41(45)42-26-24-39(30-46(42)49)50(40-25-27-44-43-15-6-8-17-47(43)51-48(44)31-40)38-22-20-33(21-23-38)35-12-9-13-36(28-35)37-19-18-32-10-3-4-11-34(32)29-37/h3,5-10,12-18,20-27,29-31,35,37H,4,11,19,28H2,1-2H3. The zero-order valence-corrected chi connectivity index (χ0v) is 29.3. The third-order valence-corrected chi connectivity index (χ3v) is 11.9. The Kier molecular flexibility index (Phi) is 6.96. The molecule has 2 nitrogen and oxygen atoms in total. The first-order valence-electron chi connectivity index (χ1n) is 18.5. The third-order valence-electron chi connectivity index (χ3n) is 11.9. The minimum atomic E-state index is -0.0853. The molecule has 51 heavy (non-hydrogen) atoms. The molecule has 0 amide bonds. The molecule has 4 aliphatic rings. The zero-order valence-electron chi connectivity index (χ0n) is 29.3. The minimum absolute atomic E-state index is 0.0853. The van der Waals surface area contributed by atoms with Crippen molar-refractivity contribution in [2.24, 2.45) is 5.92 Å². The predicted molar refractivity (Wildman–Crippen MR) is 213 cm³/mol. The van der Waals surface area contributed by atoms with E-state index in [0.717, 1.165) is 58.3 Å². The van der Waals surface area contributed by atoms with Gasteiger partial charge in [0, 0.05) is 51.2 Å². The van der Waals surface area contributed by atoms with Crippen LogP contribution in [-0.4, -0.2) is 0 Å². The van der Waals surface area contributed by atoms with Crippen LogP contribution in [0.15, 0.2) is 173 Å². The highest BCUT2D eigenvalue weighted by Gasteiger charge is 2.36. The number of rotatable bonds is 5. The van der Waals surface area contributed by atoms with Crippen molar-refractivity contribution < 1.29 is 4.42 Å². The molecule has 0 spiro atoms. The highest BCUT2D eigenvalue weighted by molar-refractivity contribution is 6.06. The third kappa shape index (κ3) is 5.00. The van der Waals surface area contributed by atoms with Crippen molar-refractivity contribution in [1.29, 1.82) is 0 Å². The smallest absolute Gasteiger partial charge is 0.137 e. The molecule has 0 saturated heterocycles. The fourth-order valence-corrected chi connectivity index (χ4v) is 9.11. The molecule has 0 radical (unpaired) electrons. The summed E-state index contributed by atoms with van der Waals surface area (Å²) in [6.45, 7) is 4.71. The van der Waals surface area contributed by atoms with Gasteiger partial charge in [0.05, 0.1) is 0 Å². The van der Waals surface area contributed by atoms with E-state index in [9.17, 15) is 0 Å². The number of para-hydroxylation sites is 1. The van der Waals surface area contributed by atoms with Crippen molar-refractivity contribution in [3.63, 3.8) is 0 Å². The van der Waals surface area contributed by atoms with Crippen LogP contribution in [0.3, 0.4) is 0 Å². The van der Waals surface area contributed by atoms with Gasteiger partial charge >= 0.3 is 0 Å². The first-order valence-corrected chi connectivity index (χ1v) is 18.5. The monoisotopic (exact) mass is 659 g/mol. The van der Waals surface area contributed by atoms with Gasteiger partial charge in [0.15, 0.2) is 0 Å². The van der Waals surface area contributed by atoms with Crippen LogP contribution in [0.1, 0.15) is 62.1 Å². The maximum absolute atomic E-state index is 6.40. The Morgan fingerprint density at radius 1 is 0.706 bits per heavy atom. The lowest BCUT2D eigenvalue weighted by Gasteiger charge is -2.29. The van der Waals surface area contributed by atoms with E-state index in [-0.39, 0.29) is 5.41 Å². The molecule has 2 unspecified atom stereocenters. The van der Waals surface area contributed by atoms with E-state index in [4.69, 9.17) is 4.42 Å². The molecule has 0 saturated carbocycles. The van der Waals surface area contributed by atoms with E-state index >= 15 is 0 Å². The van der Waals surface area contributed by atoms with Crippen molar-refractivity contribution >= 4 is 39.0 Å². The normalized spacial score (nSPS) is 20.0. The highest BCUT2D eigenvalue weighted by atomic mass is 16.3. The minimum Gasteiger partial charge on any atom is -0.456 e. The number of allylic oxidation sites excluding steroid dienone is 10. The SMILES string of the molecule is CC1(C)c2ccccc2-c2ccc(N(c3ccc(C4C=CC=C(C5C=C6CCC=CC6=CC5)C4)cc3)c3ccc4c(c3)oc3ccccc34)cc21. The number of anilines is 3. The van der Waals surface area contributed by atoms with Gasteiger partial charge in [-0.15, -0.1) is 0 Å². The number of benzene rings is 5. The quantitative estimate of drug-likeness (QED) is 0.183. The first-order chi connectivity index (χ1) is 25.0. The van der Waals surface area contributed by atoms with E-state index in [1.807, 2.05) is 6.07 Å². The second kappa shape index (κ2) is 11.7. The van der Waals surface area contributed by atoms with Crippen LogP contribution in [0.5, 0.6) is 0 Å². The molecule has 248 valence electrons. The molecular weight excluding hydrogens is 619 g/mol. The maximum atomic E-state index is 6.40. The highest BCUT2D eigenvalue weighted by Crippen LogP contribution is 2.51. The Balaban J connectivity index is 1.01. The molecule has 6 aromatic rings. The Bertz CT molecular complexity index is 2510. The fraction of sp³-hybridized carbons (Fsp3) is 0.184. The Hall–Kier alpha value is -5.60. The fourth-order valence-electron chi connectivity index (χ4n) is 9.11. The first kappa shape index (κ1) is 30.2. The van der Waals surface area contributed by atoms with Gasteiger partial charge in [-0.1, -0.05) is 123 Å². The van der Waals surface area contributed by atoms with Crippen molar-refractivity contribution in [2.75, 3.05) is 4.90 Å². The van der Waals surface area contributed by atoms with Crippen LogP contribution >= 0.6 is 0 Å². The summed E-state index contributed by atoms with van der Waals surface area (Å²) in [5.74, 6) is 0.870. The number of hydrogen-bond acceptors (Lipinski definition) is 2. The van der Waals surface area contributed by atoms with Crippen LogP contribution in [0.25, 0.3) is 33.1 Å². The van der Waals surface area contributed by atoms with E-state index in [1.165, 1.54) is 45.4 Å². The molecule has 1 heterocycles. The molecule has 2 heteroatoms. The molecule has 5 aromatic carbocycles. The lowest BCUT2D eigenvalue weighted by Crippen LogP contribution is -2.16. The average Bonchev–Trinajstić information content (AvgIpc) is 3.66. The molecule has 4 aliphatic carbocycles. The predicted octanol–water partition coefficient (Wildman–Crippen LogP) is 13.6. The van der Waals surface area contributed by atoms with E-state index in [2.05, 4.69) is 164 Å². The van der Waals surface area contributed by atoms with Crippen LogP contribution < -0.4 is 4.90 Å². The summed E-state index contributed by atoms with van der Waals surface area (Å²) in [4.78, 5) is 2.40. The lowest BCUT2D eigenvalue weighted by molar-refractivity contribution is 0.660. The van der Waals surface area contributed by atoms with Gasteiger partial charge in [-0.25, -0.2) is 0 Å². The summed E-state index contributed by atoms with van der Waals surface area (Å²) in [6, 6.07) is 40.2. The molecule has 0 N–H and O–H groups in total. The van der Waals surface area contributed by atoms with Gasteiger partial charge < -0.3 is 9.32 Å². The molecule has 1 aromatic heterocycles. The number of nitrogens with zero attached hydrogens (tertiary/aromatic N) is 1. The van der Waals surface area contributed by atoms with Crippen LogP contribution in [0, 0.1) is 5.92 Å². The van der Waals surface area contributed by atoms with Gasteiger partial charge in [-0.2, -0.15) is 0 Å². The zero-order chi connectivity index (χ0) is 34.1. The molecule has 0 bridgehead atoms. The van der Waals surface area contributed by atoms with Gasteiger partial charge in [0.2, 0.25) is 0 Å². The van der Waals surface area contributed by atoms with Crippen LogP contribution in [0.4, 0.5) is 17.1 Å². The Morgan fingerprint density at radius 2 is 1.47 bits per heavy atom. The van der Waals surface area contributed by atoms with Crippen molar-refractivity contribution in [2.45, 2.75) is 50.9 Å². The molecule has 0 fully saturated rings. The number of fused-ring (bicyclic) bond motifs is 7. The summed E-state index contributed by atoms with van der Waals surface area (Å²) in [7, 11) is 0. The summed E-state index contributed by atoms with van der Waals surface area (Å²) in [5, 5.41) is 2.29. The molecule has 2 atom stereocenters. The summed E-state index contributed by atoms with van der Waals surface area (Å²) in [5.41, 5.74) is 16.4. The Labute approximate surface area is 300 Å². The second-order valence-corrected chi connectivity index (χ2v) is 15.2. The lowest BCUT2D eigenvalue weighted by atomic mass is 9.77. The van der Waals surface area contributed by atoms with E-state index in [0.29, 0.717) is 11.8 Å². The van der Waals surface area contributed by atoms with Gasteiger partial charge in [-0.05, 0) is 107 Å². The van der Waals surface area contributed by atoms with Gasteiger partial charge in [0.1, 0.15) is 11.2 Å². The molecular formula is C49H41NO. The van der Waals surface area contributed by atoms with E-state index in [1.54, 1.807) is 5.57 Å². The summed E-state index contributed by atoms with van der Waals surface area (Å²) >= 11 is 0. The number of hydrogen-bond donors (Lipinski definition) is 0. The molecule has 10 rings (SSSR count). The van der Waals surface area contributed by atoms with Crippen molar-refractivity contribution in [3.05, 3.63) is 185 Å². The van der Waals surface area contributed by atoms with Gasteiger partial charge in [0.25, 0.3) is 0 Å². The van der Waals surface area contributed by atoms with Crippen LogP contribution in [0.2, 0.25) is 0 Å². The molecule has 0 aliphatic heterocycles. The second-order valence-electron chi connectivity index (χ2n) is 15.2. The topological polar surface area (TPSA) is 16.4 Å². The maximum Gasteiger partial charge on any atom is 0.137 e. The van der Waals surface area contributed by atoms with Crippen molar-refractivity contribution in [3.8, 4) is 11.1 Å². The van der Waals surface area contributed by atoms with Crippen molar-refractivity contribution in [1.82, 2.24) is 0 Å². The Morgan fingerprint density at radius 3 is 2.39 bits per heavy atom. The summed E-state index contributed by atoms with van der Waals surface area (Å²) < 4.78 is 6.40. The summed E-state index contributed by atoms with van der Waals surface area (Å²) in [6.07, 6.45) is 21.2.